The van der Waals surface area contributed by atoms with Gasteiger partial charge in [0.25, 0.3) is 0 Å². The summed E-state index contributed by atoms with van der Waals surface area (Å²) >= 11 is 0. The lowest BCUT2D eigenvalue weighted by Crippen LogP contribution is -1.97. The van der Waals surface area contributed by atoms with E-state index >= 15 is 0 Å². The summed E-state index contributed by atoms with van der Waals surface area (Å²) in [6.07, 6.45) is 8.80. The fraction of sp³-hybridized carbons (Fsp3) is 1.00. The van der Waals surface area contributed by atoms with E-state index in [0.717, 1.165) is 17.8 Å². The normalized spacial score (nSPS) is 39.8. The van der Waals surface area contributed by atoms with Crippen LogP contribution in [0.4, 0.5) is 0 Å². The van der Waals surface area contributed by atoms with Crippen molar-refractivity contribution in [3.63, 3.8) is 0 Å². The summed E-state index contributed by atoms with van der Waals surface area (Å²) in [6, 6.07) is 0. The fourth-order valence-electron chi connectivity index (χ4n) is 2.14. The molecule has 72 valence electrons. The van der Waals surface area contributed by atoms with Gasteiger partial charge in [0.2, 0.25) is 0 Å². The van der Waals surface area contributed by atoms with Gasteiger partial charge >= 0.3 is 0 Å². The van der Waals surface area contributed by atoms with Gasteiger partial charge in [0.05, 0.1) is 0 Å². The second-order valence-electron chi connectivity index (χ2n) is 5.05. The highest BCUT2D eigenvalue weighted by Gasteiger charge is 2.13. The quantitative estimate of drug-likeness (QED) is 0.507. The lowest BCUT2D eigenvalue weighted by atomic mass is 9.95. The van der Waals surface area contributed by atoms with Crippen LogP contribution in [0.5, 0.6) is 0 Å². The molecular weight excluding hydrogens is 144 g/mol. The predicted octanol–water partition coefficient (Wildman–Crippen LogP) is 4.25. The fourth-order valence-corrected chi connectivity index (χ4v) is 2.14. The molecule has 0 atom stereocenters. The van der Waals surface area contributed by atoms with Gasteiger partial charge in [-0.15, -0.1) is 0 Å². The van der Waals surface area contributed by atoms with E-state index < -0.39 is 0 Å². The van der Waals surface area contributed by atoms with Crippen molar-refractivity contribution >= 4 is 0 Å². The van der Waals surface area contributed by atoms with E-state index in [0.29, 0.717) is 0 Å². The van der Waals surface area contributed by atoms with E-state index in [1.54, 1.807) is 0 Å². The third-order valence-electron chi connectivity index (χ3n) is 3.46. The molecule has 0 N–H and O–H groups in total. The van der Waals surface area contributed by atoms with Gasteiger partial charge in [0.15, 0.2) is 0 Å². The number of hydrogen-bond donors (Lipinski definition) is 0. The van der Waals surface area contributed by atoms with Crippen molar-refractivity contribution < 1.29 is 0 Å². The van der Waals surface area contributed by atoms with Crippen molar-refractivity contribution in [3.8, 4) is 0 Å². The number of rotatable bonds is 0. The third-order valence-corrected chi connectivity index (χ3v) is 3.46. The van der Waals surface area contributed by atoms with Crippen LogP contribution in [-0.2, 0) is 0 Å². The Balaban J connectivity index is 2.36. The van der Waals surface area contributed by atoms with Crippen LogP contribution in [0.25, 0.3) is 0 Å². The molecule has 0 nitrogen and oxygen atoms in total. The summed E-state index contributed by atoms with van der Waals surface area (Å²) in [7, 11) is 0. The first-order valence-electron chi connectivity index (χ1n) is 5.68. The molecule has 0 unspecified atom stereocenters. The van der Waals surface area contributed by atoms with Crippen LogP contribution in [0.15, 0.2) is 0 Å². The van der Waals surface area contributed by atoms with Gasteiger partial charge in [-0.05, 0) is 17.8 Å². The molecule has 1 saturated carbocycles. The van der Waals surface area contributed by atoms with Crippen LogP contribution in [0, 0.1) is 17.8 Å². The molecule has 0 saturated heterocycles. The zero-order chi connectivity index (χ0) is 8.97. The Kier molecular flexibility index (Phi) is 4.11. The Morgan fingerprint density at radius 3 is 0.833 bits per heavy atom. The molecule has 1 rings (SSSR count). The molecule has 0 aromatic rings. The Morgan fingerprint density at radius 2 is 0.667 bits per heavy atom. The molecule has 0 aromatic carbocycles. The molecular formula is C12H24. The molecule has 0 heterocycles. The van der Waals surface area contributed by atoms with Gasteiger partial charge in [-0.3, -0.25) is 0 Å². The Bertz CT molecular complexity index is 81.4. The van der Waals surface area contributed by atoms with Gasteiger partial charge in [0.1, 0.15) is 0 Å². The first kappa shape index (κ1) is 10.1. The second-order valence-corrected chi connectivity index (χ2v) is 5.05. The molecule has 1 aliphatic rings. The van der Waals surface area contributed by atoms with E-state index in [9.17, 15) is 0 Å². The SMILES string of the molecule is CC1CCC(C)CCC(C)CC1. The summed E-state index contributed by atoms with van der Waals surface area (Å²) in [4.78, 5) is 0. The van der Waals surface area contributed by atoms with Crippen molar-refractivity contribution in [3.05, 3.63) is 0 Å². The molecule has 0 spiro atoms. The average Bonchev–Trinajstić information content (AvgIpc) is 2.11. The monoisotopic (exact) mass is 168 g/mol. The van der Waals surface area contributed by atoms with Gasteiger partial charge in [-0.2, -0.15) is 0 Å². The van der Waals surface area contributed by atoms with Gasteiger partial charge < -0.3 is 0 Å². The zero-order valence-corrected chi connectivity index (χ0v) is 8.97. The minimum atomic E-state index is 0.980. The third kappa shape index (κ3) is 3.60. The van der Waals surface area contributed by atoms with Gasteiger partial charge in [-0.25, -0.2) is 0 Å². The van der Waals surface area contributed by atoms with Crippen LogP contribution in [0.1, 0.15) is 59.3 Å². The molecule has 0 aliphatic heterocycles. The Labute approximate surface area is 77.7 Å². The van der Waals surface area contributed by atoms with E-state index in [2.05, 4.69) is 20.8 Å². The van der Waals surface area contributed by atoms with Gasteiger partial charge in [-0.1, -0.05) is 59.3 Å². The van der Waals surface area contributed by atoms with E-state index in [-0.39, 0.29) is 0 Å². The number of hydrogen-bond acceptors (Lipinski definition) is 0. The first-order valence-corrected chi connectivity index (χ1v) is 5.68. The van der Waals surface area contributed by atoms with Crippen LogP contribution >= 0.6 is 0 Å². The second kappa shape index (κ2) is 4.89. The topological polar surface area (TPSA) is 0 Å². The summed E-state index contributed by atoms with van der Waals surface area (Å²) < 4.78 is 0. The molecule has 0 heteroatoms. The van der Waals surface area contributed by atoms with E-state index in [1.165, 1.54) is 38.5 Å². The predicted molar refractivity (Wildman–Crippen MR) is 55.2 cm³/mol. The minimum absolute atomic E-state index is 0.980. The van der Waals surface area contributed by atoms with Crippen LogP contribution in [0.2, 0.25) is 0 Å². The van der Waals surface area contributed by atoms with E-state index in [4.69, 9.17) is 0 Å². The summed E-state index contributed by atoms with van der Waals surface area (Å²) in [5.41, 5.74) is 0. The maximum Gasteiger partial charge on any atom is -0.0443 e. The highest BCUT2D eigenvalue weighted by molar-refractivity contribution is 4.66. The standard InChI is InChI=1S/C12H24/c1-10-4-6-11(2)8-9-12(3)7-5-10/h10-12H,4-9H2,1-3H3. The first-order chi connectivity index (χ1) is 5.68. The Hall–Kier alpha value is 0. The molecule has 1 aliphatic carbocycles. The lowest BCUT2D eigenvalue weighted by molar-refractivity contribution is 0.415. The van der Waals surface area contributed by atoms with Crippen molar-refractivity contribution in [1.29, 1.82) is 0 Å². The zero-order valence-electron chi connectivity index (χ0n) is 8.97. The maximum absolute atomic E-state index is 2.42. The molecule has 0 bridgehead atoms. The van der Waals surface area contributed by atoms with Crippen molar-refractivity contribution in [2.45, 2.75) is 59.3 Å². The summed E-state index contributed by atoms with van der Waals surface area (Å²) in [5.74, 6) is 2.94. The largest absolute Gasteiger partial charge is 0.0625 e. The molecule has 0 amide bonds. The van der Waals surface area contributed by atoms with Crippen molar-refractivity contribution in [2.75, 3.05) is 0 Å². The average molecular weight is 168 g/mol. The molecule has 0 aromatic heterocycles. The molecule has 12 heavy (non-hydrogen) atoms. The van der Waals surface area contributed by atoms with Crippen molar-refractivity contribution in [1.82, 2.24) is 0 Å². The minimum Gasteiger partial charge on any atom is -0.0625 e. The summed E-state index contributed by atoms with van der Waals surface area (Å²) in [6.45, 7) is 7.26. The van der Waals surface area contributed by atoms with E-state index in [1.807, 2.05) is 0 Å². The molecule has 1 fully saturated rings. The van der Waals surface area contributed by atoms with Gasteiger partial charge in [0, 0.05) is 0 Å². The summed E-state index contributed by atoms with van der Waals surface area (Å²) in [5, 5.41) is 0. The van der Waals surface area contributed by atoms with Crippen molar-refractivity contribution in [2.24, 2.45) is 17.8 Å². The lowest BCUT2D eigenvalue weighted by Gasteiger charge is -2.11. The smallest absolute Gasteiger partial charge is 0.0443 e. The van der Waals surface area contributed by atoms with Crippen LogP contribution in [0.3, 0.4) is 0 Å². The highest BCUT2D eigenvalue weighted by Crippen LogP contribution is 2.27. The van der Waals surface area contributed by atoms with Crippen LogP contribution < -0.4 is 0 Å². The Morgan fingerprint density at radius 1 is 0.500 bits per heavy atom. The van der Waals surface area contributed by atoms with Crippen LogP contribution in [-0.4, -0.2) is 0 Å². The highest BCUT2D eigenvalue weighted by atomic mass is 14.2. The maximum atomic E-state index is 2.42. The molecule has 0 radical (unpaired) electrons.